The van der Waals surface area contributed by atoms with Crippen molar-refractivity contribution in [3.8, 4) is 22.6 Å². The first-order valence-corrected chi connectivity index (χ1v) is 6.94. The minimum Gasteiger partial charge on any atom is -0.265 e. The van der Waals surface area contributed by atoms with Gasteiger partial charge in [0.05, 0.1) is 11.3 Å². The minimum atomic E-state index is -4.38. The van der Waals surface area contributed by atoms with E-state index in [2.05, 4.69) is 15.0 Å². The summed E-state index contributed by atoms with van der Waals surface area (Å²) in [5.74, 6) is 0.262. The van der Waals surface area contributed by atoms with Gasteiger partial charge in [0, 0.05) is 29.6 Å². The summed E-state index contributed by atoms with van der Waals surface area (Å²) < 4.78 is 37.8. The Kier molecular flexibility index (Phi) is 4.00. The maximum Gasteiger partial charge on any atom is 0.416 e. The molecule has 2 heterocycles. The zero-order valence-corrected chi connectivity index (χ0v) is 12.3. The van der Waals surface area contributed by atoms with Crippen molar-refractivity contribution in [2.45, 2.75) is 6.18 Å². The van der Waals surface area contributed by atoms with Crippen molar-refractivity contribution >= 4 is 11.6 Å². The number of aromatic nitrogens is 3. The van der Waals surface area contributed by atoms with Crippen LogP contribution in [0.2, 0.25) is 5.15 Å². The van der Waals surface area contributed by atoms with Gasteiger partial charge in [-0.1, -0.05) is 23.7 Å². The lowest BCUT2D eigenvalue weighted by molar-refractivity contribution is -0.137. The molecule has 0 aliphatic carbocycles. The molecule has 0 fully saturated rings. The first-order valence-electron chi connectivity index (χ1n) is 6.56. The SMILES string of the molecule is FC(F)(F)c1ccc(-c2nc(Cl)cc(-c3ccncc3)n2)cc1. The van der Waals surface area contributed by atoms with Crippen molar-refractivity contribution in [2.24, 2.45) is 0 Å². The van der Waals surface area contributed by atoms with Crippen LogP contribution in [0.5, 0.6) is 0 Å². The first-order chi connectivity index (χ1) is 10.9. The molecule has 0 bridgehead atoms. The van der Waals surface area contributed by atoms with Crippen LogP contribution < -0.4 is 0 Å². The number of nitrogens with zero attached hydrogens (tertiary/aromatic N) is 3. The smallest absolute Gasteiger partial charge is 0.265 e. The number of benzene rings is 1. The highest BCUT2D eigenvalue weighted by Crippen LogP contribution is 2.31. The van der Waals surface area contributed by atoms with Crippen LogP contribution >= 0.6 is 11.6 Å². The van der Waals surface area contributed by atoms with Crippen LogP contribution in [-0.2, 0) is 6.18 Å². The summed E-state index contributed by atoms with van der Waals surface area (Å²) in [5, 5.41) is 0.210. The number of pyridine rings is 1. The van der Waals surface area contributed by atoms with Gasteiger partial charge in [-0.25, -0.2) is 9.97 Å². The summed E-state index contributed by atoms with van der Waals surface area (Å²) in [4.78, 5) is 12.4. The largest absolute Gasteiger partial charge is 0.416 e. The van der Waals surface area contributed by atoms with E-state index in [4.69, 9.17) is 11.6 Å². The van der Waals surface area contributed by atoms with Gasteiger partial charge in [0.25, 0.3) is 0 Å². The van der Waals surface area contributed by atoms with E-state index in [1.165, 1.54) is 12.1 Å². The molecule has 3 aromatic rings. The molecule has 0 atom stereocenters. The van der Waals surface area contributed by atoms with Gasteiger partial charge in [0.1, 0.15) is 5.15 Å². The first kappa shape index (κ1) is 15.4. The number of hydrogen-bond donors (Lipinski definition) is 0. The molecule has 23 heavy (non-hydrogen) atoms. The van der Waals surface area contributed by atoms with Crippen LogP contribution in [0.3, 0.4) is 0 Å². The van der Waals surface area contributed by atoms with Gasteiger partial charge in [-0.15, -0.1) is 0 Å². The van der Waals surface area contributed by atoms with Crippen LogP contribution in [0.4, 0.5) is 13.2 Å². The van der Waals surface area contributed by atoms with Crippen LogP contribution in [0.25, 0.3) is 22.6 Å². The summed E-state index contributed by atoms with van der Waals surface area (Å²) in [6.45, 7) is 0. The molecule has 7 heteroatoms. The Balaban J connectivity index is 2.02. The van der Waals surface area contributed by atoms with Gasteiger partial charge in [0.2, 0.25) is 0 Å². The van der Waals surface area contributed by atoms with Gasteiger partial charge < -0.3 is 0 Å². The molecule has 0 aliphatic heterocycles. The maximum absolute atomic E-state index is 12.6. The van der Waals surface area contributed by atoms with Crippen molar-refractivity contribution in [3.63, 3.8) is 0 Å². The Labute approximate surface area is 134 Å². The average Bonchev–Trinajstić information content (AvgIpc) is 2.54. The highest BCUT2D eigenvalue weighted by atomic mass is 35.5. The molecule has 0 saturated carbocycles. The van der Waals surface area contributed by atoms with Crippen LogP contribution in [0.1, 0.15) is 5.56 Å². The molecule has 0 spiro atoms. The molecule has 2 aromatic heterocycles. The Hall–Kier alpha value is -2.47. The lowest BCUT2D eigenvalue weighted by Gasteiger charge is -2.08. The summed E-state index contributed by atoms with van der Waals surface area (Å²) in [7, 11) is 0. The van der Waals surface area contributed by atoms with E-state index in [0.717, 1.165) is 17.7 Å². The van der Waals surface area contributed by atoms with Gasteiger partial charge in [-0.05, 0) is 24.3 Å². The van der Waals surface area contributed by atoms with E-state index in [9.17, 15) is 13.2 Å². The Morgan fingerprint density at radius 3 is 2.09 bits per heavy atom. The third kappa shape index (κ3) is 3.48. The van der Waals surface area contributed by atoms with Gasteiger partial charge in [0.15, 0.2) is 5.82 Å². The predicted molar refractivity (Wildman–Crippen MR) is 80.7 cm³/mol. The Bertz CT molecular complexity index is 818. The third-order valence-corrected chi connectivity index (χ3v) is 3.34. The molecule has 0 saturated heterocycles. The van der Waals surface area contributed by atoms with E-state index in [1.54, 1.807) is 30.6 Å². The van der Waals surface area contributed by atoms with E-state index in [-0.39, 0.29) is 11.0 Å². The summed E-state index contributed by atoms with van der Waals surface area (Å²) in [6.07, 6.45) is -1.15. The van der Waals surface area contributed by atoms with E-state index >= 15 is 0 Å². The molecule has 0 radical (unpaired) electrons. The average molecular weight is 336 g/mol. The second kappa shape index (κ2) is 5.96. The topological polar surface area (TPSA) is 38.7 Å². The molecule has 0 unspecified atom stereocenters. The number of rotatable bonds is 2. The fourth-order valence-electron chi connectivity index (χ4n) is 2.03. The molecule has 0 amide bonds. The quantitative estimate of drug-likeness (QED) is 0.627. The second-order valence-electron chi connectivity index (χ2n) is 4.71. The lowest BCUT2D eigenvalue weighted by Crippen LogP contribution is -2.04. The third-order valence-electron chi connectivity index (χ3n) is 3.14. The van der Waals surface area contributed by atoms with Crippen molar-refractivity contribution in [1.29, 1.82) is 0 Å². The highest BCUT2D eigenvalue weighted by Gasteiger charge is 2.30. The molecule has 1 aromatic carbocycles. The molecule has 0 N–H and O–H groups in total. The monoisotopic (exact) mass is 335 g/mol. The fourth-order valence-corrected chi connectivity index (χ4v) is 2.21. The van der Waals surface area contributed by atoms with Crippen molar-refractivity contribution in [1.82, 2.24) is 15.0 Å². The van der Waals surface area contributed by atoms with Gasteiger partial charge in [-0.3, -0.25) is 4.98 Å². The molecule has 3 nitrogen and oxygen atoms in total. The Morgan fingerprint density at radius 1 is 0.826 bits per heavy atom. The van der Waals surface area contributed by atoms with E-state index in [1.807, 2.05) is 0 Å². The summed E-state index contributed by atoms with van der Waals surface area (Å²) in [6, 6.07) is 9.74. The number of alkyl halides is 3. The molecule has 116 valence electrons. The van der Waals surface area contributed by atoms with Crippen LogP contribution in [0, 0.1) is 0 Å². The molecular weight excluding hydrogens is 327 g/mol. The molecular formula is C16H9ClF3N3. The van der Waals surface area contributed by atoms with Gasteiger partial charge in [-0.2, -0.15) is 13.2 Å². The lowest BCUT2D eigenvalue weighted by atomic mass is 10.1. The van der Waals surface area contributed by atoms with Crippen molar-refractivity contribution < 1.29 is 13.2 Å². The van der Waals surface area contributed by atoms with Crippen molar-refractivity contribution in [2.75, 3.05) is 0 Å². The second-order valence-corrected chi connectivity index (χ2v) is 5.10. The van der Waals surface area contributed by atoms with Crippen molar-refractivity contribution in [3.05, 3.63) is 65.6 Å². The standard InChI is InChI=1S/C16H9ClF3N3/c17-14-9-13(10-5-7-21-8-6-10)22-15(23-14)11-1-3-12(4-2-11)16(18,19)20/h1-9H. The predicted octanol–water partition coefficient (Wildman–Crippen LogP) is 4.88. The molecule has 0 aliphatic rings. The normalized spacial score (nSPS) is 11.5. The highest BCUT2D eigenvalue weighted by molar-refractivity contribution is 6.29. The van der Waals surface area contributed by atoms with Crippen LogP contribution in [0.15, 0.2) is 54.9 Å². The summed E-state index contributed by atoms with van der Waals surface area (Å²) >= 11 is 6.01. The molecule has 3 rings (SSSR count). The minimum absolute atomic E-state index is 0.210. The zero-order valence-electron chi connectivity index (χ0n) is 11.5. The number of halogens is 4. The van der Waals surface area contributed by atoms with Crippen LogP contribution in [-0.4, -0.2) is 15.0 Å². The van der Waals surface area contributed by atoms with E-state index in [0.29, 0.717) is 11.3 Å². The maximum atomic E-state index is 12.6. The number of hydrogen-bond acceptors (Lipinski definition) is 3. The van der Waals surface area contributed by atoms with Gasteiger partial charge >= 0.3 is 6.18 Å². The zero-order chi connectivity index (χ0) is 16.4. The van der Waals surface area contributed by atoms with E-state index < -0.39 is 11.7 Å². The Morgan fingerprint density at radius 2 is 1.48 bits per heavy atom. The fraction of sp³-hybridized carbons (Fsp3) is 0.0625. The summed E-state index contributed by atoms with van der Waals surface area (Å²) in [5.41, 5.74) is 1.09.